The molecule has 0 fully saturated rings. The predicted molar refractivity (Wildman–Crippen MR) is 99.8 cm³/mol. The van der Waals surface area contributed by atoms with E-state index in [9.17, 15) is 17.8 Å². The molecule has 1 atom stereocenters. The van der Waals surface area contributed by atoms with Gasteiger partial charge in [-0.15, -0.1) is 0 Å². The normalized spacial score (nSPS) is 17.4. The lowest BCUT2D eigenvalue weighted by Crippen LogP contribution is -2.29. The van der Waals surface area contributed by atoms with E-state index in [1.165, 1.54) is 0 Å². The molecule has 136 valence electrons. The molecule has 26 heavy (non-hydrogen) atoms. The third kappa shape index (κ3) is 3.25. The van der Waals surface area contributed by atoms with Gasteiger partial charge in [0, 0.05) is 21.9 Å². The summed E-state index contributed by atoms with van der Waals surface area (Å²) in [5.74, 6) is -1.63. The molecule has 0 N–H and O–H groups in total. The lowest BCUT2D eigenvalue weighted by Gasteiger charge is -2.18. The fourth-order valence-corrected chi connectivity index (χ4v) is 4.42. The average molecular weight is 441 g/mol. The van der Waals surface area contributed by atoms with E-state index >= 15 is 0 Å². The molecule has 3 nitrogen and oxygen atoms in total. The highest BCUT2D eigenvalue weighted by Crippen LogP contribution is 2.42. The van der Waals surface area contributed by atoms with Crippen LogP contribution < -0.4 is 0 Å². The van der Waals surface area contributed by atoms with Crippen molar-refractivity contribution in [1.82, 2.24) is 0 Å². The number of carbonyl (C=O) groups is 1. The molecule has 0 spiro atoms. The monoisotopic (exact) mass is 440 g/mol. The van der Waals surface area contributed by atoms with Crippen molar-refractivity contribution >= 4 is 43.8 Å². The van der Waals surface area contributed by atoms with Gasteiger partial charge in [0.25, 0.3) is 0 Å². The zero-order valence-electron chi connectivity index (χ0n) is 14.2. The highest BCUT2D eigenvalue weighted by atomic mass is 79.9. The maximum absolute atomic E-state index is 14.3. The second-order valence-electron chi connectivity index (χ2n) is 6.37. The van der Waals surface area contributed by atoms with Gasteiger partial charge in [0.2, 0.25) is 5.78 Å². The van der Waals surface area contributed by atoms with Gasteiger partial charge in [-0.1, -0.05) is 0 Å². The van der Waals surface area contributed by atoms with E-state index in [0.717, 1.165) is 18.2 Å². The zero-order valence-corrected chi connectivity index (χ0v) is 16.6. The first kappa shape index (κ1) is 18.9. The number of benzene rings is 2. The first-order valence-corrected chi connectivity index (χ1v) is 10.0. The molecule has 2 aromatic rings. The van der Waals surface area contributed by atoms with Crippen LogP contribution in [-0.2, 0) is 20.3 Å². The van der Waals surface area contributed by atoms with Crippen molar-refractivity contribution in [1.29, 1.82) is 0 Å². The van der Waals surface area contributed by atoms with Gasteiger partial charge >= 0.3 is 0 Å². The number of ether oxygens (including phenoxy) is 1. The number of Topliss-reactive ketones (excluding diaryl/α,β-unsaturated/α-hetero) is 1. The van der Waals surface area contributed by atoms with Gasteiger partial charge in [-0.05, 0) is 66.2 Å². The summed E-state index contributed by atoms with van der Waals surface area (Å²) in [7, 11) is -1.20. The summed E-state index contributed by atoms with van der Waals surface area (Å²) in [5, 5.41) is 0. The Morgan fingerprint density at radius 1 is 1.12 bits per heavy atom. The van der Waals surface area contributed by atoms with E-state index < -0.39 is 33.8 Å². The summed E-state index contributed by atoms with van der Waals surface area (Å²) < 4.78 is 46.1. The van der Waals surface area contributed by atoms with Gasteiger partial charge in [-0.3, -0.25) is 9.00 Å². The Kier molecular flexibility index (Phi) is 4.88. The summed E-state index contributed by atoms with van der Waals surface area (Å²) in [6.45, 7) is 3.15. The summed E-state index contributed by atoms with van der Waals surface area (Å²) in [5.41, 5.74) is -0.856. The topological polar surface area (TPSA) is 43.4 Å². The second-order valence-corrected chi connectivity index (χ2v) is 8.57. The van der Waals surface area contributed by atoms with Gasteiger partial charge in [-0.2, -0.15) is 0 Å². The summed E-state index contributed by atoms with van der Waals surface area (Å²) in [4.78, 5) is 13.4. The van der Waals surface area contributed by atoms with Crippen LogP contribution in [0.5, 0.6) is 0 Å². The van der Waals surface area contributed by atoms with E-state index in [1.54, 1.807) is 38.3 Å². The predicted octanol–water partition coefficient (Wildman–Crippen LogP) is 4.71. The van der Waals surface area contributed by atoms with Crippen LogP contribution in [0.1, 0.15) is 25.0 Å². The fraction of sp³-hybridized carbons (Fsp3) is 0.211. The van der Waals surface area contributed by atoms with E-state index in [-0.39, 0.29) is 16.9 Å². The molecule has 0 saturated carbocycles. The average Bonchev–Trinajstić information content (AvgIpc) is 2.79. The number of hydrogen-bond donors (Lipinski definition) is 0. The summed E-state index contributed by atoms with van der Waals surface area (Å²) in [6, 6.07) is 7.89. The van der Waals surface area contributed by atoms with E-state index in [1.807, 2.05) is 0 Å². The van der Waals surface area contributed by atoms with Crippen LogP contribution in [0, 0.1) is 11.6 Å². The number of hydrogen-bond acceptors (Lipinski definition) is 3. The molecule has 0 bridgehead atoms. The Morgan fingerprint density at radius 3 is 2.42 bits per heavy atom. The van der Waals surface area contributed by atoms with Crippen LogP contribution in [0.15, 0.2) is 45.8 Å². The quantitative estimate of drug-likeness (QED) is 0.693. The zero-order chi connectivity index (χ0) is 19.2. The summed E-state index contributed by atoms with van der Waals surface area (Å²) >= 11 is 3.35. The standard InChI is InChI=1S/C19H15BrF2O3S/c1-19(2)18(23)16(12-9-11(21)5-6-14(12)22)17(25-19)10-4-7-15(26(3)24)13(20)8-10/h4-9H,1-3H3. The van der Waals surface area contributed by atoms with Gasteiger partial charge in [0.15, 0.2) is 5.60 Å². The smallest absolute Gasteiger partial charge is 0.210 e. The van der Waals surface area contributed by atoms with Crippen molar-refractivity contribution in [3.05, 3.63) is 63.6 Å². The Labute approximate surface area is 160 Å². The van der Waals surface area contributed by atoms with Crippen molar-refractivity contribution in [2.75, 3.05) is 6.26 Å². The first-order valence-electron chi connectivity index (χ1n) is 7.68. The van der Waals surface area contributed by atoms with Crippen molar-refractivity contribution in [3.63, 3.8) is 0 Å². The lowest BCUT2D eigenvalue weighted by atomic mass is 9.92. The number of halogens is 3. The maximum Gasteiger partial charge on any atom is 0.210 e. The molecule has 2 aromatic carbocycles. The van der Waals surface area contributed by atoms with Crippen molar-refractivity contribution in [3.8, 4) is 0 Å². The van der Waals surface area contributed by atoms with Crippen LogP contribution >= 0.6 is 15.9 Å². The van der Waals surface area contributed by atoms with E-state index in [2.05, 4.69) is 15.9 Å². The highest BCUT2D eigenvalue weighted by Gasteiger charge is 2.43. The minimum atomic E-state index is -1.21. The fourth-order valence-electron chi connectivity index (χ4n) is 2.77. The van der Waals surface area contributed by atoms with Crippen LogP contribution in [-0.4, -0.2) is 21.8 Å². The molecule has 1 aliphatic heterocycles. The van der Waals surface area contributed by atoms with Crippen molar-refractivity contribution < 1.29 is 22.5 Å². The molecule has 0 saturated heterocycles. The van der Waals surface area contributed by atoms with E-state index in [4.69, 9.17) is 4.74 Å². The van der Waals surface area contributed by atoms with Gasteiger partial charge in [0.05, 0.1) is 21.3 Å². The van der Waals surface area contributed by atoms with Crippen LogP contribution in [0.3, 0.4) is 0 Å². The number of ketones is 1. The largest absolute Gasteiger partial charge is 0.478 e. The molecule has 0 aliphatic carbocycles. The maximum atomic E-state index is 14.3. The van der Waals surface area contributed by atoms with Gasteiger partial charge in [0.1, 0.15) is 17.4 Å². The molecule has 0 amide bonds. The SMILES string of the molecule is CS(=O)c1ccc(C2=C(c3cc(F)ccc3F)C(=O)C(C)(C)O2)cc1Br. The Morgan fingerprint density at radius 2 is 1.81 bits per heavy atom. The highest BCUT2D eigenvalue weighted by molar-refractivity contribution is 9.10. The van der Waals surface area contributed by atoms with E-state index in [0.29, 0.717) is 14.9 Å². The molecule has 1 unspecified atom stereocenters. The van der Waals surface area contributed by atoms with Crippen molar-refractivity contribution in [2.45, 2.75) is 24.3 Å². The molecule has 7 heteroatoms. The van der Waals surface area contributed by atoms with Crippen LogP contribution in [0.2, 0.25) is 0 Å². The second kappa shape index (κ2) is 6.70. The van der Waals surface area contributed by atoms with Crippen LogP contribution in [0.4, 0.5) is 8.78 Å². The third-order valence-electron chi connectivity index (χ3n) is 4.06. The molecular formula is C19H15BrF2O3S. The molecular weight excluding hydrogens is 426 g/mol. The lowest BCUT2D eigenvalue weighted by molar-refractivity contribution is -0.125. The van der Waals surface area contributed by atoms with Gasteiger partial charge < -0.3 is 4.74 Å². The minimum absolute atomic E-state index is 0.00993. The molecule has 1 heterocycles. The van der Waals surface area contributed by atoms with Crippen molar-refractivity contribution in [2.24, 2.45) is 0 Å². The third-order valence-corrected chi connectivity index (χ3v) is 5.95. The number of carbonyl (C=O) groups excluding carboxylic acids is 1. The van der Waals surface area contributed by atoms with Gasteiger partial charge in [-0.25, -0.2) is 8.78 Å². The Bertz CT molecular complexity index is 983. The molecule has 3 rings (SSSR count). The minimum Gasteiger partial charge on any atom is -0.478 e. The molecule has 1 aliphatic rings. The Hall–Kier alpha value is -1.86. The first-order chi connectivity index (χ1) is 12.1. The Balaban J connectivity index is 2.25. The number of rotatable bonds is 3. The summed E-state index contributed by atoms with van der Waals surface area (Å²) in [6.07, 6.45) is 1.55. The molecule has 0 radical (unpaired) electrons. The van der Waals surface area contributed by atoms with Crippen LogP contribution in [0.25, 0.3) is 11.3 Å². The molecule has 0 aromatic heterocycles.